The van der Waals surface area contributed by atoms with Crippen LogP contribution < -0.4 is 10.1 Å². The topological polar surface area (TPSA) is 137 Å². The lowest BCUT2D eigenvalue weighted by Crippen LogP contribution is -2.48. The van der Waals surface area contributed by atoms with Gasteiger partial charge in [0.05, 0.1) is 17.5 Å². The first-order valence-corrected chi connectivity index (χ1v) is 11.3. The average molecular weight is 478 g/mol. The zero-order valence-electron chi connectivity index (χ0n) is 18.7. The maximum absolute atomic E-state index is 14.9. The summed E-state index contributed by atoms with van der Waals surface area (Å²) in [5.74, 6) is 0.900. The highest BCUT2D eigenvalue weighted by atomic mass is 19.1. The van der Waals surface area contributed by atoms with Crippen molar-refractivity contribution in [1.82, 2.24) is 19.9 Å². The molecule has 0 bridgehead atoms. The van der Waals surface area contributed by atoms with Crippen LogP contribution in [0.25, 0.3) is 11.3 Å². The SMILES string of the molecule is N#Cc1cc(-c2cc(NC(=O)C3CC3)ncn2)ccc1O[C@H]1CCN(C(O)c2cnco2)C[C@H]1F. The average Bonchev–Trinajstić information content (AvgIpc) is 3.59. The number of aliphatic hydroxyl groups is 1. The van der Waals surface area contributed by atoms with Crippen molar-refractivity contribution in [3.05, 3.63) is 54.5 Å². The molecule has 1 aliphatic heterocycles. The molecule has 1 saturated carbocycles. The summed E-state index contributed by atoms with van der Waals surface area (Å²) in [6, 6.07) is 8.69. The van der Waals surface area contributed by atoms with Crippen molar-refractivity contribution >= 4 is 11.7 Å². The lowest BCUT2D eigenvalue weighted by molar-refractivity contribution is -0.117. The number of hydrogen-bond acceptors (Lipinski definition) is 9. The summed E-state index contributed by atoms with van der Waals surface area (Å²) in [6.07, 6.45) is 2.80. The Bertz CT molecular complexity index is 1240. The standard InChI is InChI=1S/C24H23FN6O4/c25-17-11-31(24(33)21-10-27-13-34-21)6-5-20(17)35-19-4-3-15(7-16(19)9-26)18-8-22(29-12-28-18)30-23(32)14-1-2-14/h3-4,7-8,10,12-14,17,20,24,33H,1-2,5-6,11H2,(H,28,29,30,32)/t17-,20+,24?/m1/s1. The number of nitrogens with zero attached hydrogens (tertiary/aromatic N) is 5. The van der Waals surface area contributed by atoms with Crippen molar-refractivity contribution in [1.29, 1.82) is 5.26 Å². The van der Waals surface area contributed by atoms with E-state index in [1.807, 2.05) is 0 Å². The van der Waals surface area contributed by atoms with Crippen molar-refractivity contribution in [3.63, 3.8) is 0 Å². The molecular formula is C24H23FN6O4. The molecule has 180 valence electrons. The molecule has 35 heavy (non-hydrogen) atoms. The van der Waals surface area contributed by atoms with Crippen LogP contribution >= 0.6 is 0 Å². The third-order valence-corrected chi connectivity index (χ3v) is 6.11. The minimum atomic E-state index is -1.38. The van der Waals surface area contributed by atoms with E-state index >= 15 is 0 Å². The molecule has 1 aromatic carbocycles. The van der Waals surface area contributed by atoms with E-state index in [4.69, 9.17) is 9.15 Å². The van der Waals surface area contributed by atoms with Crippen molar-refractivity contribution in [3.8, 4) is 23.1 Å². The minimum absolute atomic E-state index is 0.0478. The molecule has 1 unspecified atom stereocenters. The Morgan fingerprint density at radius 2 is 2.17 bits per heavy atom. The highest BCUT2D eigenvalue weighted by Crippen LogP contribution is 2.32. The molecule has 10 nitrogen and oxygen atoms in total. The number of likely N-dealkylation sites (tertiary alicyclic amines) is 1. The fourth-order valence-corrected chi connectivity index (χ4v) is 3.99. The largest absolute Gasteiger partial charge is 0.486 e. The molecule has 11 heteroatoms. The number of carbonyl (C=O) groups is 1. The molecule has 0 radical (unpaired) electrons. The van der Waals surface area contributed by atoms with Gasteiger partial charge in [-0.1, -0.05) is 0 Å². The number of amides is 1. The molecule has 3 atom stereocenters. The Morgan fingerprint density at radius 3 is 2.89 bits per heavy atom. The lowest BCUT2D eigenvalue weighted by atomic mass is 10.0. The Labute approximate surface area is 200 Å². The van der Waals surface area contributed by atoms with Crippen LogP contribution in [0, 0.1) is 17.2 Å². The van der Waals surface area contributed by atoms with Gasteiger partial charge in [-0.3, -0.25) is 9.69 Å². The quantitative estimate of drug-likeness (QED) is 0.525. The molecule has 2 aliphatic rings. The third-order valence-electron chi connectivity index (χ3n) is 6.11. The van der Waals surface area contributed by atoms with Gasteiger partial charge in [0.25, 0.3) is 0 Å². The monoisotopic (exact) mass is 478 g/mol. The number of rotatable bonds is 7. The van der Waals surface area contributed by atoms with E-state index in [0.29, 0.717) is 30.0 Å². The number of nitriles is 1. The molecule has 5 rings (SSSR count). The molecule has 1 saturated heterocycles. The summed E-state index contributed by atoms with van der Waals surface area (Å²) in [4.78, 5) is 25.7. The highest BCUT2D eigenvalue weighted by Gasteiger charge is 2.35. The molecule has 2 fully saturated rings. The van der Waals surface area contributed by atoms with Gasteiger partial charge >= 0.3 is 0 Å². The Morgan fingerprint density at radius 1 is 1.31 bits per heavy atom. The zero-order chi connectivity index (χ0) is 24.4. The van der Waals surface area contributed by atoms with Crippen molar-refractivity contribution in [2.24, 2.45) is 5.92 Å². The van der Waals surface area contributed by atoms with Crippen LogP contribution in [0.15, 0.2) is 47.6 Å². The van der Waals surface area contributed by atoms with Gasteiger partial charge < -0.3 is 19.6 Å². The van der Waals surface area contributed by atoms with Gasteiger partial charge in [-0.25, -0.2) is 19.3 Å². The summed E-state index contributed by atoms with van der Waals surface area (Å²) < 4.78 is 25.9. The molecule has 2 aromatic heterocycles. The van der Waals surface area contributed by atoms with Gasteiger partial charge in [0.1, 0.15) is 36.2 Å². The van der Waals surface area contributed by atoms with E-state index < -0.39 is 18.5 Å². The predicted molar refractivity (Wildman–Crippen MR) is 121 cm³/mol. The number of alkyl halides is 1. The van der Waals surface area contributed by atoms with Crippen molar-refractivity contribution in [2.45, 2.75) is 37.8 Å². The second-order valence-electron chi connectivity index (χ2n) is 8.61. The van der Waals surface area contributed by atoms with Crippen LogP contribution in [0.1, 0.15) is 36.8 Å². The Kier molecular flexibility index (Phi) is 6.39. The second kappa shape index (κ2) is 9.77. The number of ether oxygens (including phenoxy) is 1. The van der Waals surface area contributed by atoms with Gasteiger partial charge in [0.15, 0.2) is 18.4 Å². The summed E-state index contributed by atoms with van der Waals surface area (Å²) in [6.45, 7) is 0.325. The molecule has 3 heterocycles. The number of piperidine rings is 1. The highest BCUT2D eigenvalue weighted by molar-refractivity contribution is 5.93. The zero-order valence-corrected chi connectivity index (χ0v) is 18.7. The van der Waals surface area contributed by atoms with Crippen LogP contribution in [-0.2, 0) is 4.79 Å². The van der Waals surface area contributed by atoms with Gasteiger partial charge in [0.2, 0.25) is 5.91 Å². The predicted octanol–water partition coefficient (Wildman–Crippen LogP) is 2.83. The maximum Gasteiger partial charge on any atom is 0.228 e. The molecule has 1 amide bonds. The number of anilines is 1. The second-order valence-corrected chi connectivity index (χ2v) is 8.61. The lowest BCUT2D eigenvalue weighted by Gasteiger charge is -2.36. The van der Waals surface area contributed by atoms with Gasteiger partial charge in [-0.05, 0) is 31.0 Å². The number of oxazole rings is 1. The van der Waals surface area contributed by atoms with Crippen molar-refractivity contribution < 1.29 is 23.4 Å². The number of carbonyl (C=O) groups excluding carboxylic acids is 1. The molecule has 3 aromatic rings. The normalized spacial score (nSPS) is 21.2. The van der Waals surface area contributed by atoms with Crippen molar-refractivity contribution in [2.75, 3.05) is 18.4 Å². The number of benzene rings is 1. The third kappa shape index (κ3) is 5.13. The first-order chi connectivity index (χ1) is 17.0. The van der Waals surface area contributed by atoms with Crippen LogP contribution in [0.4, 0.5) is 10.2 Å². The van der Waals surface area contributed by atoms with E-state index in [1.54, 1.807) is 29.2 Å². The number of aliphatic hydroxyl groups excluding tert-OH is 1. The maximum atomic E-state index is 14.9. The summed E-state index contributed by atoms with van der Waals surface area (Å²) >= 11 is 0. The fourth-order valence-electron chi connectivity index (χ4n) is 3.99. The van der Waals surface area contributed by atoms with Gasteiger partial charge in [-0.15, -0.1) is 0 Å². The van der Waals surface area contributed by atoms with Crippen LogP contribution in [-0.4, -0.2) is 56.2 Å². The van der Waals surface area contributed by atoms with E-state index in [1.165, 1.54) is 18.9 Å². The number of aromatic nitrogens is 3. The molecular weight excluding hydrogens is 455 g/mol. The molecule has 2 N–H and O–H groups in total. The van der Waals surface area contributed by atoms with E-state index in [0.717, 1.165) is 12.8 Å². The van der Waals surface area contributed by atoms with Crippen LogP contribution in [0.3, 0.4) is 0 Å². The number of halogens is 1. The number of nitrogens with one attached hydrogen (secondary N) is 1. The number of hydrogen-bond donors (Lipinski definition) is 2. The fraction of sp³-hybridized carbons (Fsp3) is 0.375. The molecule has 1 aliphatic carbocycles. The summed E-state index contributed by atoms with van der Waals surface area (Å²) in [5, 5.41) is 22.8. The van der Waals surface area contributed by atoms with E-state index in [2.05, 4.69) is 26.3 Å². The Balaban J connectivity index is 1.26. The minimum Gasteiger partial charge on any atom is -0.486 e. The summed E-state index contributed by atoms with van der Waals surface area (Å²) in [7, 11) is 0. The smallest absolute Gasteiger partial charge is 0.228 e. The van der Waals surface area contributed by atoms with Crippen LogP contribution in [0.2, 0.25) is 0 Å². The van der Waals surface area contributed by atoms with Gasteiger partial charge in [-0.2, -0.15) is 5.26 Å². The first-order valence-electron chi connectivity index (χ1n) is 11.3. The van der Waals surface area contributed by atoms with E-state index in [-0.39, 0.29) is 35.4 Å². The first kappa shape index (κ1) is 22.9. The summed E-state index contributed by atoms with van der Waals surface area (Å²) in [5.41, 5.74) is 1.41. The Hall–Kier alpha value is -3.88. The van der Waals surface area contributed by atoms with E-state index in [9.17, 15) is 19.6 Å². The van der Waals surface area contributed by atoms with Crippen LogP contribution in [0.5, 0.6) is 5.75 Å². The molecule has 0 spiro atoms. The van der Waals surface area contributed by atoms with Gasteiger partial charge in [0, 0.05) is 37.1 Å².